The van der Waals surface area contributed by atoms with Gasteiger partial charge < -0.3 is 19.3 Å². The molecule has 2 heterocycles. The summed E-state index contributed by atoms with van der Waals surface area (Å²) in [5, 5.41) is 0. The van der Waals surface area contributed by atoms with Gasteiger partial charge in [0.05, 0.1) is 7.11 Å². The number of hydrogen-bond acceptors (Lipinski definition) is 6. The maximum Gasteiger partial charge on any atom is 0.246 e. The molecule has 3 aromatic rings. The van der Waals surface area contributed by atoms with Crippen LogP contribution >= 0.6 is 0 Å². The normalized spacial score (nSPS) is 16.2. The highest BCUT2D eigenvalue weighted by atomic mass is 16.5. The highest BCUT2D eigenvalue weighted by Gasteiger charge is 2.27. The van der Waals surface area contributed by atoms with Crippen molar-refractivity contribution in [3.05, 3.63) is 78.1 Å². The van der Waals surface area contributed by atoms with E-state index >= 15 is 0 Å². The average Bonchev–Trinajstić information content (AvgIpc) is 2.84. The van der Waals surface area contributed by atoms with Crippen molar-refractivity contribution < 1.29 is 14.3 Å². The molecule has 0 radical (unpaired) electrons. The summed E-state index contributed by atoms with van der Waals surface area (Å²) < 4.78 is 11.4. The van der Waals surface area contributed by atoms with Crippen molar-refractivity contribution in [1.29, 1.82) is 0 Å². The number of carbonyl (C=O) groups is 1. The Balaban J connectivity index is 1.41. The third-order valence-electron chi connectivity index (χ3n) is 5.61. The van der Waals surface area contributed by atoms with Gasteiger partial charge in [-0.1, -0.05) is 36.4 Å². The van der Waals surface area contributed by atoms with Crippen LogP contribution in [0.3, 0.4) is 0 Å². The number of aromatic nitrogens is 2. The quantitative estimate of drug-likeness (QED) is 0.527. The van der Waals surface area contributed by atoms with Crippen LogP contribution in [0.25, 0.3) is 6.08 Å². The van der Waals surface area contributed by atoms with Crippen molar-refractivity contribution in [2.24, 2.45) is 0 Å². The predicted octanol–water partition coefficient (Wildman–Crippen LogP) is 4.34. The first-order chi connectivity index (χ1) is 16.0. The SMILES string of the molecule is COc1cc(C)ccc1Oc1cc(N2CCN(C(=O)/C=C/c3ccccc3)[C@@H](C)C2)ncn1. The highest BCUT2D eigenvalue weighted by Crippen LogP contribution is 2.32. The van der Waals surface area contributed by atoms with Crippen LogP contribution < -0.4 is 14.4 Å². The lowest BCUT2D eigenvalue weighted by Crippen LogP contribution is -2.54. The number of methoxy groups -OCH3 is 1. The smallest absolute Gasteiger partial charge is 0.246 e. The number of nitrogens with zero attached hydrogens (tertiary/aromatic N) is 4. The third kappa shape index (κ3) is 5.49. The van der Waals surface area contributed by atoms with Gasteiger partial charge >= 0.3 is 0 Å². The fourth-order valence-corrected chi connectivity index (χ4v) is 3.85. The fourth-order valence-electron chi connectivity index (χ4n) is 3.85. The number of anilines is 1. The molecule has 0 unspecified atom stereocenters. The fraction of sp³-hybridized carbons (Fsp3) is 0.269. The molecule has 170 valence electrons. The minimum absolute atomic E-state index is 0.0178. The molecule has 1 amide bonds. The van der Waals surface area contributed by atoms with Crippen LogP contribution in [0.4, 0.5) is 5.82 Å². The molecule has 1 aliphatic heterocycles. The van der Waals surface area contributed by atoms with Crippen LogP contribution in [0.15, 0.2) is 67.0 Å². The van der Waals surface area contributed by atoms with E-state index in [0.29, 0.717) is 37.0 Å². The van der Waals surface area contributed by atoms with E-state index in [2.05, 4.69) is 21.8 Å². The zero-order valence-corrected chi connectivity index (χ0v) is 19.1. The van der Waals surface area contributed by atoms with Gasteiger partial charge in [-0.05, 0) is 43.2 Å². The molecule has 0 saturated carbocycles. The molecule has 33 heavy (non-hydrogen) atoms. The van der Waals surface area contributed by atoms with Gasteiger partial charge in [0.15, 0.2) is 11.5 Å². The van der Waals surface area contributed by atoms with Gasteiger partial charge in [-0.25, -0.2) is 9.97 Å². The molecule has 1 atom stereocenters. The van der Waals surface area contributed by atoms with E-state index in [1.807, 2.05) is 72.5 Å². The predicted molar refractivity (Wildman–Crippen MR) is 129 cm³/mol. The van der Waals surface area contributed by atoms with E-state index in [1.54, 1.807) is 13.2 Å². The summed E-state index contributed by atoms with van der Waals surface area (Å²) in [6.45, 7) is 6.02. The molecule has 7 nitrogen and oxygen atoms in total. The summed E-state index contributed by atoms with van der Waals surface area (Å²) in [7, 11) is 1.62. The van der Waals surface area contributed by atoms with Crippen molar-refractivity contribution in [3.8, 4) is 17.4 Å². The number of aryl methyl sites for hydroxylation is 1. The van der Waals surface area contributed by atoms with Gasteiger partial charge in [-0.3, -0.25) is 4.79 Å². The van der Waals surface area contributed by atoms with E-state index < -0.39 is 0 Å². The van der Waals surface area contributed by atoms with Gasteiger partial charge in [0.1, 0.15) is 12.1 Å². The molecular formula is C26H28N4O3. The Bertz CT molecular complexity index is 1130. The minimum Gasteiger partial charge on any atom is -0.493 e. The standard InChI is InChI=1S/C26H28N4O3/c1-19-9-11-22(23(15-19)32-3)33-25-16-24(27-18-28-25)29-13-14-30(20(2)17-29)26(31)12-10-21-7-5-4-6-8-21/h4-12,15-16,18,20H,13-14,17H2,1-3H3/b12-10+/t20-/m0/s1. The second-order valence-corrected chi connectivity index (χ2v) is 8.04. The lowest BCUT2D eigenvalue weighted by Gasteiger charge is -2.40. The number of ether oxygens (including phenoxy) is 2. The number of piperazine rings is 1. The maximum atomic E-state index is 12.7. The first-order valence-electron chi connectivity index (χ1n) is 11.0. The van der Waals surface area contributed by atoms with Gasteiger partial charge in [0.2, 0.25) is 11.8 Å². The summed E-state index contributed by atoms with van der Waals surface area (Å²) in [5.41, 5.74) is 2.10. The van der Waals surface area contributed by atoms with Crippen LogP contribution in [-0.2, 0) is 4.79 Å². The van der Waals surface area contributed by atoms with Crippen molar-refractivity contribution in [2.45, 2.75) is 19.9 Å². The highest BCUT2D eigenvalue weighted by molar-refractivity contribution is 5.92. The zero-order chi connectivity index (χ0) is 23.2. The van der Waals surface area contributed by atoms with Gasteiger partial charge in [-0.2, -0.15) is 0 Å². The van der Waals surface area contributed by atoms with Crippen LogP contribution in [0.1, 0.15) is 18.1 Å². The van der Waals surface area contributed by atoms with Crippen molar-refractivity contribution in [1.82, 2.24) is 14.9 Å². The molecule has 0 N–H and O–H groups in total. The lowest BCUT2D eigenvalue weighted by atomic mass is 10.1. The first kappa shape index (κ1) is 22.3. The van der Waals surface area contributed by atoms with E-state index in [0.717, 1.165) is 16.9 Å². The first-order valence-corrected chi connectivity index (χ1v) is 11.0. The number of rotatable bonds is 6. The molecule has 2 aromatic carbocycles. The van der Waals surface area contributed by atoms with Gasteiger partial charge in [-0.15, -0.1) is 0 Å². The molecule has 1 aromatic heterocycles. The molecule has 7 heteroatoms. The Labute approximate surface area is 194 Å². The van der Waals surface area contributed by atoms with E-state index in [1.165, 1.54) is 6.33 Å². The Kier molecular flexibility index (Phi) is 6.88. The maximum absolute atomic E-state index is 12.7. The Morgan fingerprint density at radius 1 is 1.06 bits per heavy atom. The summed E-state index contributed by atoms with van der Waals surface area (Å²) >= 11 is 0. The summed E-state index contributed by atoms with van der Waals surface area (Å²) in [6.07, 6.45) is 5.00. The van der Waals surface area contributed by atoms with E-state index in [4.69, 9.17) is 9.47 Å². The monoisotopic (exact) mass is 444 g/mol. The van der Waals surface area contributed by atoms with E-state index in [-0.39, 0.29) is 11.9 Å². The number of hydrogen-bond donors (Lipinski definition) is 0. The molecule has 0 aliphatic carbocycles. The summed E-state index contributed by atoms with van der Waals surface area (Å²) in [6, 6.07) is 17.4. The van der Waals surface area contributed by atoms with Crippen LogP contribution in [0.5, 0.6) is 17.4 Å². The second kappa shape index (κ2) is 10.2. The van der Waals surface area contributed by atoms with Crippen molar-refractivity contribution in [3.63, 3.8) is 0 Å². The Hall–Kier alpha value is -3.87. The molecule has 1 saturated heterocycles. The van der Waals surface area contributed by atoms with Gasteiger partial charge in [0.25, 0.3) is 0 Å². The minimum atomic E-state index is 0.0178. The van der Waals surface area contributed by atoms with E-state index in [9.17, 15) is 4.79 Å². The third-order valence-corrected chi connectivity index (χ3v) is 5.61. The number of carbonyl (C=O) groups excluding carboxylic acids is 1. The lowest BCUT2D eigenvalue weighted by molar-refractivity contribution is -0.128. The largest absolute Gasteiger partial charge is 0.493 e. The molecule has 1 fully saturated rings. The molecule has 1 aliphatic rings. The van der Waals surface area contributed by atoms with Crippen LogP contribution in [-0.4, -0.2) is 53.6 Å². The zero-order valence-electron chi connectivity index (χ0n) is 19.1. The number of amides is 1. The summed E-state index contributed by atoms with van der Waals surface area (Å²) in [4.78, 5) is 25.5. The van der Waals surface area contributed by atoms with Gasteiger partial charge in [0, 0.05) is 37.8 Å². The summed E-state index contributed by atoms with van der Waals surface area (Å²) in [5.74, 6) is 2.48. The second-order valence-electron chi connectivity index (χ2n) is 8.04. The average molecular weight is 445 g/mol. The molecule has 0 spiro atoms. The van der Waals surface area contributed by atoms with Crippen LogP contribution in [0.2, 0.25) is 0 Å². The Morgan fingerprint density at radius 2 is 1.88 bits per heavy atom. The molecule has 0 bridgehead atoms. The topological polar surface area (TPSA) is 67.8 Å². The molecular weight excluding hydrogens is 416 g/mol. The van der Waals surface area contributed by atoms with Crippen LogP contribution in [0, 0.1) is 6.92 Å². The Morgan fingerprint density at radius 3 is 2.64 bits per heavy atom. The number of benzene rings is 2. The van der Waals surface area contributed by atoms with Crippen molar-refractivity contribution in [2.75, 3.05) is 31.6 Å². The van der Waals surface area contributed by atoms with Crippen molar-refractivity contribution >= 4 is 17.8 Å². The molecule has 4 rings (SSSR count).